The van der Waals surface area contributed by atoms with Gasteiger partial charge in [-0.3, -0.25) is 4.79 Å². The summed E-state index contributed by atoms with van der Waals surface area (Å²) in [6.45, 7) is 2.05. The van der Waals surface area contributed by atoms with E-state index in [1.165, 1.54) is 0 Å². The van der Waals surface area contributed by atoms with Crippen LogP contribution in [0.15, 0.2) is 4.52 Å². The number of piperidine rings is 1. The Morgan fingerprint density at radius 2 is 2.20 bits per heavy atom. The largest absolute Gasteiger partial charge is 0.359 e. The minimum absolute atomic E-state index is 0.214. The topological polar surface area (TPSA) is 46.3 Å². The highest BCUT2D eigenvalue weighted by molar-refractivity contribution is 6.33. The molecular formula is C10H13ClN2O2. The van der Waals surface area contributed by atoms with Gasteiger partial charge in [0.05, 0.1) is 0 Å². The maximum atomic E-state index is 10.6. The summed E-state index contributed by atoms with van der Waals surface area (Å²) in [6.07, 6.45) is 2.64. The smallest absolute Gasteiger partial charge is 0.173 e. The number of hydrogen-bond acceptors (Lipinski definition) is 4. The second-order valence-corrected chi connectivity index (χ2v) is 4.32. The third-order valence-corrected chi connectivity index (χ3v) is 3.26. The molecule has 0 bridgehead atoms. The summed E-state index contributed by atoms with van der Waals surface area (Å²) in [4.78, 5) is 12.8. The first-order valence-electron chi connectivity index (χ1n) is 5.01. The van der Waals surface area contributed by atoms with Crippen molar-refractivity contribution in [2.75, 3.05) is 20.1 Å². The summed E-state index contributed by atoms with van der Waals surface area (Å²) in [5.41, 5.74) is 0.214. The fourth-order valence-electron chi connectivity index (χ4n) is 1.90. The van der Waals surface area contributed by atoms with E-state index in [1.54, 1.807) is 0 Å². The Labute approximate surface area is 93.2 Å². The fourth-order valence-corrected chi connectivity index (χ4v) is 2.17. The molecule has 0 atom stereocenters. The number of rotatable bonds is 2. The summed E-state index contributed by atoms with van der Waals surface area (Å²) >= 11 is 5.99. The van der Waals surface area contributed by atoms with Crippen molar-refractivity contribution in [1.82, 2.24) is 10.1 Å². The average molecular weight is 229 g/mol. The highest BCUT2D eigenvalue weighted by atomic mass is 35.5. The molecule has 2 heterocycles. The normalized spacial score (nSPS) is 19.3. The molecule has 4 nitrogen and oxygen atoms in total. The second-order valence-electron chi connectivity index (χ2n) is 3.94. The average Bonchev–Trinajstić information content (AvgIpc) is 2.61. The number of aromatic nitrogens is 1. The van der Waals surface area contributed by atoms with Crippen molar-refractivity contribution in [3.8, 4) is 0 Å². The number of nitrogens with zero attached hydrogens (tertiary/aromatic N) is 2. The zero-order valence-corrected chi connectivity index (χ0v) is 9.33. The summed E-state index contributed by atoms with van der Waals surface area (Å²) in [7, 11) is 2.09. The number of carbonyl (C=O) groups excluding carboxylic acids is 1. The number of halogens is 1. The van der Waals surface area contributed by atoms with E-state index in [0.717, 1.165) is 25.9 Å². The molecule has 1 aliphatic heterocycles. The lowest BCUT2D eigenvalue weighted by molar-refractivity contribution is 0.111. The number of likely N-dealkylation sites (tertiary alicyclic amines) is 1. The molecule has 5 heteroatoms. The van der Waals surface area contributed by atoms with Crippen LogP contribution in [-0.2, 0) is 0 Å². The van der Waals surface area contributed by atoms with Gasteiger partial charge in [0, 0.05) is 5.92 Å². The van der Waals surface area contributed by atoms with Crippen LogP contribution in [-0.4, -0.2) is 36.5 Å². The Balaban J connectivity index is 2.15. The highest BCUT2D eigenvalue weighted by Crippen LogP contribution is 2.33. The summed E-state index contributed by atoms with van der Waals surface area (Å²) < 4.78 is 5.13. The van der Waals surface area contributed by atoms with E-state index in [4.69, 9.17) is 16.1 Å². The van der Waals surface area contributed by atoms with E-state index < -0.39 is 0 Å². The molecule has 0 unspecified atom stereocenters. The van der Waals surface area contributed by atoms with E-state index >= 15 is 0 Å². The first-order valence-corrected chi connectivity index (χ1v) is 5.39. The summed E-state index contributed by atoms with van der Waals surface area (Å²) in [5.74, 6) is 0.974. The van der Waals surface area contributed by atoms with Crippen molar-refractivity contribution >= 4 is 17.9 Å². The molecule has 0 radical (unpaired) electrons. The minimum atomic E-state index is 0.214. The van der Waals surface area contributed by atoms with Crippen molar-refractivity contribution in [1.29, 1.82) is 0 Å². The van der Waals surface area contributed by atoms with Gasteiger partial charge in [0.2, 0.25) is 0 Å². The van der Waals surface area contributed by atoms with Gasteiger partial charge in [-0.15, -0.1) is 0 Å². The Kier molecular flexibility index (Phi) is 3.07. The first-order chi connectivity index (χ1) is 7.22. The number of aldehydes is 1. The van der Waals surface area contributed by atoms with Gasteiger partial charge in [0.1, 0.15) is 5.02 Å². The molecule has 1 aromatic rings. The van der Waals surface area contributed by atoms with Gasteiger partial charge in [-0.2, -0.15) is 0 Å². The van der Waals surface area contributed by atoms with Gasteiger partial charge in [-0.05, 0) is 33.0 Å². The van der Waals surface area contributed by atoms with Gasteiger partial charge < -0.3 is 9.42 Å². The van der Waals surface area contributed by atoms with Crippen LogP contribution in [0.2, 0.25) is 5.02 Å². The first kappa shape index (κ1) is 10.6. The van der Waals surface area contributed by atoms with E-state index in [2.05, 4.69) is 17.1 Å². The number of hydrogen-bond donors (Lipinski definition) is 0. The fraction of sp³-hybridized carbons (Fsp3) is 0.600. The van der Waals surface area contributed by atoms with Crippen molar-refractivity contribution in [3.63, 3.8) is 0 Å². The van der Waals surface area contributed by atoms with Crippen molar-refractivity contribution < 1.29 is 9.32 Å². The third-order valence-electron chi connectivity index (χ3n) is 2.88. The molecule has 0 aromatic carbocycles. The van der Waals surface area contributed by atoms with Crippen molar-refractivity contribution in [3.05, 3.63) is 16.5 Å². The Morgan fingerprint density at radius 3 is 2.73 bits per heavy atom. The molecular weight excluding hydrogens is 216 g/mol. The van der Waals surface area contributed by atoms with Gasteiger partial charge in [-0.25, -0.2) is 0 Å². The molecule has 1 fully saturated rings. The molecule has 0 N–H and O–H groups in total. The SMILES string of the molecule is CN1CCC(c2onc(C=O)c2Cl)CC1. The zero-order chi connectivity index (χ0) is 10.8. The predicted molar refractivity (Wildman–Crippen MR) is 56.4 cm³/mol. The molecule has 2 rings (SSSR count). The summed E-state index contributed by atoms with van der Waals surface area (Å²) in [6, 6.07) is 0. The maximum Gasteiger partial charge on any atom is 0.173 e. The van der Waals surface area contributed by atoms with Crippen LogP contribution in [0.25, 0.3) is 0 Å². The lowest BCUT2D eigenvalue weighted by Crippen LogP contribution is -2.29. The second kappa shape index (κ2) is 4.33. The van der Waals surface area contributed by atoms with Crippen LogP contribution in [0, 0.1) is 0 Å². The molecule has 82 valence electrons. The van der Waals surface area contributed by atoms with Crippen molar-refractivity contribution in [2.45, 2.75) is 18.8 Å². The molecule has 1 saturated heterocycles. The molecule has 0 saturated carbocycles. The molecule has 15 heavy (non-hydrogen) atoms. The Hall–Kier alpha value is -0.870. The van der Waals surface area contributed by atoms with Crippen LogP contribution in [0.5, 0.6) is 0 Å². The van der Waals surface area contributed by atoms with Gasteiger partial charge in [0.15, 0.2) is 17.7 Å². The standard InChI is InChI=1S/C10H13ClN2O2/c1-13-4-2-7(3-5-13)10-9(11)8(6-14)12-15-10/h6-7H,2-5H2,1H3. The van der Waals surface area contributed by atoms with Crippen LogP contribution < -0.4 is 0 Å². The van der Waals surface area contributed by atoms with Gasteiger partial charge >= 0.3 is 0 Å². The lowest BCUT2D eigenvalue weighted by atomic mass is 9.94. The van der Waals surface area contributed by atoms with Gasteiger partial charge in [0.25, 0.3) is 0 Å². The highest BCUT2D eigenvalue weighted by Gasteiger charge is 2.26. The molecule has 0 spiro atoms. The summed E-state index contributed by atoms with van der Waals surface area (Å²) in [5, 5.41) is 4.03. The van der Waals surface area contributed by atoms with Crippen LogP contribution >= 0.6 is 11.6 Å². The Morgan fingerprint density at radius 1 is 1.53 bits per heavy atom. The minimum Gasteiger partial charge on any atom is -0.359 e. The van der Waals surface area contributed by atoms with E-state index in [-0.39, 0.29) is 5.69 Å². The maximum absolute atomic E-state index is 10.6. The zero-order valence-electron chi connectivity index (χ0n) is 8.57. The lowest BCUT2D eigenvalue weighted by Gasteiger charge is -2.27. The molecule has 1 aromatic heterocycles. The van der Waals surface area contributed by atoms with Crippen molar-refractivity contribution in [2.24, 2.45) is 0 Å². The van der Waals surface area contributed by atoms with Gasteiger partial charge in [-0.1, -0.05) is 16.8 Å². The van der Waals surface area contributed by atoms with Crippen LogP contribution in [0.4, 0.5) is 0 Å². The Bertz CT molecular complexity index is 356. The van der Waals surface area contributed by atoms with E-state index in [0.29, 0.717) is 23.0 Å². The van der Waals surface area contributed by atoms with E-state index in [1.807, 2.05) is 0 Å². The molecule has 1 aliphatic rings. The third kappa shape index (κ3) is 2.06. The van der Waals surface area contributed by atoms with E-state index in [9.17, 15) is 4.79 Å². The monoisotopic (exact) mass is 228 g/mol. The predicted octanol–water partition coefficient (Wildman–Crippen LogP) is 1.95. The molecule has 0 amide bonds. The quantitative estimate of drug-likeness (QED) is 0.726. The van der Waals surface area contributed by atoms with Crippen LogP contribution in [0.1, 0.15) is 35.0 Å². The van der Waals surface area contributed by atoms with Crippen LogP contribution in [0.3, 0.4) is 0 Å². The number of carbonyl (C=O) groups is 1. The molecule has 0 aliphatic carbocycles.